The fraction of sp³-hybridized carbons (Fsp3) is 0.367. The lowest BCUT2D eigenvalue weighted by atomic mass is 9.90. The van der Waals surface area contributed by atoms with E-state index in [1.807, 2.05) is 12.2 Å². The number of allylic oxidation sites excluding steroid dienone is 2. The molecule has 3 aliphatic rings. The fourth-order valence-electron chi connectivity index (χ4n) is 5.70. The Morgan fingerprint density at radius 1 is 1.17 bits per heavy atom. The Kier molecular flexibility index (Phi) is 7.63. The minimum absolute atomic E-state index is 0.0160. The molecule has 0 aliphatic heterocycles. The van der Waals surface area contributed by atoms with E-state index in [-0.39, 0.29) is 65.6 Å². The first-order valence-corrected chi connectivity index (χ1v) is 15.1. The van der Waals surface area contributed by atoms with E-state index >= 15 is 0 Å². The van der Waals surface area contributed by atoms with E-state index in [4.69, 9.17) is 9.47 Å². The monoisotopic (exact) mass is 592 g/mol. The van der Waals surface area contributed by atoms with Crippen LogP contribution in [0.2, 0.25) is 0 Å². The van der Waals surface area contributed by atoms with Crippen LogP contribution in [0.25, 0.3) is 11.1 Å². The quantitative estimate of drug-likeness (QED) is 0.270. The smallest absolute Gasteiger partial charge is 0.417 e. The van der Waals surface area contributed by atoms with E-state index in [0.29, 0.717) is 12.0 Å². The normalized spacial score (nSPS) is 23.4. The van der Waals surface area contributed by atoms with Crippen molar-refractivity contribution in [1.29, 1.82) is 0 Å². The van der Waals surface area contributed by atoms with Gasteiger partial charge in [0.05, 0.1) is 30.4 Å². The summed E-state index contributed by atoms with van der Waals surface area (Å²) in [5, 5.41) is 9.34. The predicted octanol–water partition coefficient (Wildman–Crippen LogP) is 5.98. The number of aliphatic carboxylic acids is 1. The molecule has 0 bridgehead atoms. The Balaban J connectivity index is 1.30. The summed E-state index contributed by atoms with van der Waals surface area (Å²) in [6.45, 7) is 3.72. The highest BCUT2D eigenvalue weighted by Gasteiger charge is 2.61. The average Bonchev–Trinajstić information content (AvgIpc) is 3.49. The number of alkyl halides is 3. The Morgan fingerprint density at radius 3 is 2.61 bits per heavy atom. The third-order valence-electron chi connectivity index (χ3n) is 7.70. The molecule has 6 nitrogen and oxygen atoms in total. The molecule has 41 heavy (non-hydrogen) atoms. The number of benzene rings is 2. The maximum Gasteiger partial charge on any atom is 0.417 e. The number of carboxylic acids is 1. The Labute approximate surface area is 234 Å². The van der Waals surface area contributed by atoms with E-state index in [1.165, 1.54) is 24.3 Å². The van der Waals surface area contributed by atoms with Crippen molar-refractivity contribution in [2.75, 3.05) is 18.6 Å². The molecule has 1 N–H and O–H groups in total. The molecular formula is C30H28F4O6S. The summed E-state index contributed by atoms with van der Waals surface area (Å²) in [5.41, 5.74) is 1.62. The molecule has 1 unspecified atom stereocenters. The van der Waals surface area contributed by atoms with Gasteiger partial charge in [-0.2, -0.15) is 13.2 Å². The topological polar surface area (TPSA) is 89.9 Å². The SMILES string of the molecule is C=C1C=C2C(=CC1OCc1cc(-c3ccc(OCCCS(C)(=O)=O)cc3C(F)(F)F)ccc1F)C[C@H]1[C@H](C(=O)O)[C@@H]21. The maximum absolute atomic E-state index is 14.7. The first-order chi connectivity index (χ1) is 19.2. The summed E-state index contributed by atoms with van der Waals surface area (Å²) in [6.07, 6.45) is 0.224. The van der Waals surface area contributed by atoms with Crippen molar-refractivity contribution in [3.05, 3.63) is 88.8 Å². The number of hydrogen-bond donors (Lipinski definition) is 1. The third kappa shape index (κ3) is 6.25. The lowest BCUT2D eigenvalue weighted by Gasteiger charge is -2.23. The number of halogens is 4. The van der Waals surface area contributed by atoms with Crippen molar-refractivity contribution < 1.29 is 45.4 Å². The van der Waals surface area contributed by atoms with Crippen molar-refractivity contribution in [2.24, 2.45) is 17.8 Å². The van der Waals surface area contributed by atoms with Gasteiger partial charge in [-0.25, -0.2) is 12.8 Å². The maximum atomic E-state index is 14.7. The average molecular weight is 593 g/mol. The van der Waals surface area contributed by atoms with Gasteiger partial charge in [0.1, 0.15) is 27.5 Å². The molecule has 4 atom stereocenters. The number of sulfone groups is 1. The van der Waals surface area contributed by atoms with Crippen molar-refractivity contribution in [3.63, 3.8) is 0 Å². The largest absolute Gasteiger partial charge is 0.494 e. The molecule has 0 spiro atoms. The molecule has 218 valence electrons. The molecule has 3 aliphatic carbocycles. The standard InChI is InChI=1S/C30H28F4O6S/c1-16-10-22-18(12-23-27(22)28(23)29(35)36)13-26(16)40-15-19-11-17(4-7-25(19)31)21-6-5-20(14-24(21)30(32,33)34)39-8-3-9-41(2,37)38/h4-7,10-11,13-14,23,26-28H,1,3,8-9,12,15H2,2H3,(H,35,36)/t23-,26?,27+,28+/m1/s1. The second-order valence-corrected chi connectivity index (χ2v) is 13.0. The van der Waals surface area contributed by atoms with Crippen LogP contribution in [0.4, 0.5) is 17.6 Å². The van der Waals surface area contributed by atoms with Gasteiger partial charge >= 0.3 is 12.1 Å². The first-order valence-electron chi connectivity index (χ1n) is 13.0. The van der Waals surface area contributed by atoms with E-state index in [2.05, 4.69) is 6.58 Å². The van der Waals surface area contributed by atoms with Gasteiger partial charge in [-0.1, -0.05) is 24.8 Å². The van der Waals surface area contributed by atoms with Crippen LogP contribution in [-0.4, -0.2) is 44.2 Å². The van der Waals surface area contributed by atoms with Gasteiger partial charge in [-0.3, -0.25) is 4.79 Å². The molecule has 0 radical (unpaired) electrons. The lowest BCUT2D eigenvalue weighted by Crippen LogP contribution is -2.18. The van der Waals surface area contributed by atoms with Crippen molar-refractivity contribution in [1.82, 2.24) is 0 Å². The molecule has 0 heterocycles. The number of carbonyl (C=O) groups is 1. The summed E-state index contributed by atoms with van der Waals surface area (Å²) < 4.78 is 90.5. The van der Waals surface area contributed by atoms with Crippen LogP contribution >= 0.6 is 0 Å². The number of ether oxygens (including phenoxy) is 2. The summed E-state index contributed by atoms with van der Waals surface area (Å²) in [7, 11) is -3.22. The van der Waals surface area contributed by atoms with Crippen LogP contribution < -0.4 is 4.74 Å². The molecule has 2 aromatic carbocycles. The fourth-order valence-corrected chi connectivity index (χ4v) is 6.34. The third-order valence-corrected chi connectivity index (χ3v) is 8.73. The van der Waals surface area contributed by atoms with E-state index in [0.717, 1.165) is 29.5 Å². The van der Waals surface area contributed by atoms with Gasteiger partial charge in [0.2, 0.25) is 0 Å². The van der Waals surface area contributed by atoms with Gasteiger partial charge in [0.15, 0.2) is 0 Å². The lowest BCUT2D eigenvalue weighted by molar-refractivity contribution is -0.139. The Hall–Kier alpha value is -3.44. The summed E-state index contributed by atoms with van der Waals surface area (Å²) >= 11 is 0. The number of hydrogen-bond acceptors (Lipinski definition) is 5. The van der Waals surface area contributed by atoms with E-state index in [9.17, 15) is 35.9 Å². The molecule has 0 amide bonds. The molecule has 0 saturated heterocycles. The van der Waals surface area contributed by atoms with Crippen molar-refractivity contribution in [2.45, 2.75) is 31.7 Å². The minimum atomic E-state index is -4.73. The minimum Gasteiger partial charge on any atom is -0.494 e. The highest BCUT2D eigenvalue weighted by molar-refractivity contribution is 7.90. The predicted molar refractivity (Wildman–Crippen MR) is 143 cm³/mol. The molecule has 5 rings (SSSR count). The van der Waals surface area contributed by atoms with Gasteiger partial charge in [-0.05, 0) is 76.9 Å². The van der Waals surface area contributed by atoms with Crippen LogP contribution in [0.1, 0.15) is 24.0 Å². The molecule has 0 aromatic heterocycles. The molecular weight excluding hydrogens is 564 g/mol. The highest BCUT2D eigenvalue weighted by Crippen LogP contribution is 2.63. The number of carboxylic acid groups (broad SMARTS) is 1. The second kappa shape index (κ2) is 10.8. The zero-order chi connectivity index (χ0) is 29.7. The number of rotatable bonds is 10. The van der Waals surface area contributed by atoms with Gasteiger partial charge in [0.25, 0.3) is 0 Å². The zero-order valence-electron chi connectivity index (χ0n) is 22.1. The second-order valence-electron chi connectivity index (χ2n) is 10.7. The van der Waals surface area contributed by atoms with E-state index < -0.39 is 39.5 Å². The molecule has 2 fully saturated rings. The Morgan fingerprint density at radius 2 is 1.93 bits per heavy atom. The van der Waals surface area contributed by atoms with Crippen molar-refractivity contribution >= 4 is 15.8 Å². The summed E-state index contributed by atoms with van der Waals surface area (Å²) in [5.74, 6) is -1.97. The van der Waals surface area contributed by atoms with Crippen LogP contribution in [-0.2, 0) is 32.2 Å². The Bertz CT molecular complexity index is 1570. The van der Waals surface area contributed by atoms with Crippen LogP contribution in [0.3, 0.4) is 0 Å². The van der Waals surface area contributed by atoms with Crippen molar-refractivity contribution in [3.8, 4) is 16.9 Å². The van der Waals surface area contributed by atoms with Gasteiger partial charge in [-0.15, -0.1) is 0 Å². The molecule has 11 heteroatoms. The zero-order valence-corrected chi connectivity index (χ0v) is 22.9. The van der Waals surface area contributed by atoms with E-state index in [1.54, 1.807) is 0 Å². The first kappa shape index (κ1) is 29.1. The summed E-state index contributed by atoms with van der Waals surface area (Å²) in [6, 6.07) is 7.10. The van der Waals surface area contributed by atoms with Crippen LogP contribution in [0.15, 0.2) is 71.8 Å². The molecule has 2 saturated carbocycles. The highest BCUT2D eigenvalue weighted by atomic mass is 32.2. The molecule has 2 aromatic rings. The van der Waals surface area contributed by atoms with Crippen LogP contribution in [0, 0.1) is 23.6 Å². The van der Waals surface area contributed by atoms with Gasteiger partial charge in [0, 0.05) is 17.7 Å². The van der Waals surface area contributed by atoms with Crippen LogP contribution in [0.5, 0.6) is 5.75 Å². The number of fused-ring (bicyclic) bond motifs is 3. The summed E-state index contributed by atoms with van der Waals surface area (Å²) in [4.78, 5) is 11.4. The van der Waals surface area contributed by atoms with Gasteiger partial charge < -0.3 is 14.6 Å².